The number of nitrogens with one attached hydrogen (secondary N) is 1. The lowest BCUT2D eigenvalue weighted by Gasteiger charge is -2.25. The fourth-order valence-electron chi connectivity index (χ4n) is 2.83. The van der Waals surface area contributed by atoms with Gasteiger partial charge >= 0.3 is 0 Å². The molecule has 2 rings (SSSR count). The molecular formula is C15H22N2O6S2. The van der Waals surface area contributed by atoms with E-state index in [1.165, 1.54) is 7.11 Å². The molecule has 1 atom stereocenters. The van der Waals surface area contributed by atoms with Gasteiger partial charge in [0.25, 0.3) is 5.91 Å². The van der Waals surface area contributed by atoms with Crippen LogP contribution in [0.15, 0.2) is 24.3 Å². The highest BCUT2D eigenvalue weighted by Crippen LogP contribution is 2.20. The summed E-state index contributed by atoms with van der Waals surface area (Å²) in [6, 6.07) is 6.11. The number of sulfonamides is 1. The van der Waals surface area contributed by atoms with E-state index in [0.717, 1.165) is 10.6 Å². The van der Waals surface area contributed by atoms with Crippen LogP contribution in [0.4, 0.5) is 0 Å². The molecule has 0 aliphatic carbocycles. The van der Waals surface area contributed by atoms with Gasteiger partial charge in [0.2, 0.25) is 10.0 Å². The maximum absolute atomic E-state index is 12.2. The van der Waals surface area contributed by atoms with Crippen molar-refractivity contribution in [1.29, 1.82) is 0 Å². The number of hydrogen-bond donors (Lipinski definition) is 1. The SMILES string of the molecule is COc1ccccc1C(=O)NCCN(C1CCS(=O)(=O)C1)S(C)(=O)=O. The molecule has 8 nitrogen and oxygen atoms in total. The molecule has 1 aliphatic rings. The van der Waals surface area contributed by atoms with Gasteiger partial charge in [0.05, 0.1) is 30.4 Å². The highest BCUT2D eigenvalue weighted by molar-refractivity contribution is 7.92. The molecule has 0 saturated carbocycles. The Bertz CT molecular complexity index is 835. The molecule has 1 fully saturated rings. The van der Waals surface area contributed by atoms with Crippen LogP contribution < -0.4 is 10.1 Å². The third-order valence-corrected chi connectivity index (χ3v) is 7.09. The van der Waals surface area contributed by atoms with Crippen molar-refractivity contribution in [3.05, 3.63) is 29.8 Å². The summed E-state index contributed by atoms with van der Waals surface area (Å²) in [6.45, 7) is 0.0837. The van der Waals surface area contributed by atoms with Crippen LogP contribution >= 0.6 is 0 Å². The Morgan fingerprint density at radius 2 is 2.04 bits per heavy atom. The Labute approximate surface area is 148 Å². The van der Waals surface area contributed by atoms with Gasteiger partial charge in [-0.25, -0.2) is 16.8 Å². The second kappa shape index (κ2) is 7.71. The van der Waals surface area contributed by atoms with Crippen molar-refractivity contribution in [1.82, 2.24) is 9.62 Å². The number of carbonyl (C=O) groups is 1. The van der Waals surface area contributed by atoms with Gasteiger partial charge in [0, 0.05) is 19.1 Å². The Morgan fingerprint density at radius 1 is 1.36 bits per heavy atom. The summed E-state index contributed by atoms with van der Waals surface area (Å²) in [6.07, 6.45) is 1.32. The highest BCUT2D eigenvalue weighted by Gasteiger charge is 2.36. The van der Waals surface area contributed by atoms with E-state index in [9.17, 15) is 21.6 Å². The molecule has 1 aliphatic heterocycles. The van der Waals surface area contributed by atoms with Crippen molar-refractivity contribution in [2.45, 2.75) is 12.5 Å². The van der Waals surface area contributed by atoms with Crippen molar-refractivity contribution >= 4 is 25.8 Å². The summed E-state index contributed by atoms with van der Waals surface area (Å²) in [7, 11) is -5.33. The molecule has 140 valence electrons. The zero-order chi connectivity index (χ0) is 18.7. The minimum atomic E-state index is -3.58. The number of sulfone groups is 1. The number of carbonyl (C=O) groups excluding carboxylic acids is 1. The summed E-state index contributed by atoms with van der Waals surface area (Å²) in [5.41, 5.74) is 0.347. The number of benzene rings is 1. The maximum Gasteiger partial charge on any atom is 0.255 e. The Hall–Kier alpha value is -1.65. The standard InChI is InChI=1S/C15H22N2O6S2/c1-23-14-6-4-3-5-13(14)15(18)16-8-9-17(24(2,19)20)12-7-10-25(21,22)11-12/h3-6,12H,7-11H2,1-2H3,(H,16,18). The first-order valence-corrected chi connectivity index (χ1v) is 11.4. The quantitative estimate of drug-likeness (QED) is 0.695. The van der Waals surface area contributed by atoms with Crippen LogP contribution in [-0.2, 0) is 19.9 Å². The number of para-hydroxylation sites is 1. The Morgan fingerprint density at radius 3 is 2.60 bits per heavy atom. The lowest BCUT2D eigenvalue weighted by molar-refractivity contribution is 0.0947. The van der Waals surface area contributed by atoms with E-state index in [2.05, 4.69) is 5.32 Å². The Kier molecular flexibility index (Phi) is 6.07. The van der Waals surface area contributed by atoms with Crippen LogP contribution in [0.5, 0.6) is 5.75 Å². The summed E-state index contributed by atoms with van der Waals surface area (Å²) in [5.74, 6) is -0.163. The number of ether oxygens (including phenoxy) is 1. The fourth-order valence-corrected chi connectivity index (χ4v) is 5.80. The van der Waals surface area contributed by atoms with Crippen molar-refractivity contribution in [2.75, 3.05) is 38.0 Å². The summed E-state index contributed by atoms with van der Waals surface area (Å²) >= 11 is 0. The number of methoxy groups -OCH3 is 1. The van der Waals surface area contributed by atoms with Crippen molar-refractivity contribution < 1.29 is 26.4 Å². The monoisotopic (exact) mass is 390 g/mol. The lowest BCUT2D eigenvalue weighted by atomic mass is 10.2. The van der Waals surface area contributed by atoms with E-state index in [-0.39, 0.29) is 36.9 Å². The van der Waals surface area contributed by atoms with Gasteiger partial charge in [-0.3, -0.25) is 4.79 Å². The number of nitrogens with zero attached hydrogens (tertiary/aromatic N) is 1. The van der Waals surface area contributed by atoms with Crippen LogP contribution in [0, 0.1) is 0 Å². The summed E-state index contributed by atoms with van der Waals surface area (Å²) < 4.78 is 53.4. The first-order chi connectivity index (χ1) is 11.6. The van der Waals surface area contributed by atoms with E-state index in [4.69, 9.17) is 4.74 Å². The summed E-state index contributed by atoms with van der Waals surface area (Å²) in [5, 5.41) is 2.65. The number of amides is 1. The van der Waals surface area contributed by atoms with Crippen LogP contribution in [0.2, 0.25) is 0 Å². The second-order valence-electron chi connectivity index (χ2n) is 5.89. The van der Waals surface area contributed by atoms with E-state index in [0.29, 0.717) is 11.3 Å². The van der Waals surface area contributed by atoms with Gasteiger partial charge in [0.15, 0.2) is 9.84 Å². The van der Waals surface area contributed by atoms with Crippen LogP contribution in [0.1, 0.15) is 16.8 Å². The molecule has 1 heterocycles. The van der Waals surface area contributed by atoms with Gasteiger partial charge in [0.1, 0.15) is 5.75 Å². The van der Waals surface area contributed by atoms with Crippen molar-refractivity contribution in [3.63, 3.8) is 0 Å². The van der Waals surface area contributed by atoms with Gasteiger partial charge in [-0.15, -0.1) is 0 Å². The first-order valence-electron chi connectivity index (χ1n) is 7.72. The predicted molar refractivity (Wildman–Crippen MR) is 93.9 cm³/mol. The van der Waals surface area contributed by atoms with Crippen LogP contribution in [-0.4, -0.2) is 71.1 Å². The van der Waals surface area contributed by atoms with E-state index < -0.39 is 25.9 Å². The molecule has 10 heteroatoms. The average molecular weight is 390 g/mol. The smallest absolute Gasteiger partial charge is 0.255 e. The molecule has 1 N–H and O–H groups in total. The molecule has 25 heavy (non-hydrogen) atoms. The molecular weight excluding hydrogens is 368 g/mol. The molecule has 0 radical (unpaired) electrons. The first kappa shape index (κ1) is 19.7. The fraction of sp³-hybridized carbons (Fsp3) is 0.533. The molecule has 0 bridgehead atoms. The minimum Gasteiger partial charge on any atom is -0.496 e. The zero-order valence-corrected chi connectivity index (χ0v) is 15.8. The van der Waals surface area contributed by atoms with Crippen molar-refractivity contribution in [3.8, 4) is 5.75 Å². The van der Waals surface area contributed by atoms with E-state index in [1.54, 1.807) is 24.3 Å². The maximum atomic E-state index is 12.2. The van der Waals surface area contributed by atoms with Gasteiger partial charge < -0.3 is 10.1 Å². The number of rotatable bonds is 7. The highest BCUT2D eigenvalue weighted by atomic mass is 32.2. The van der Waals surface area contributed by atoms with E-state index >= 15 is 0 Å². The molecule has 1 aromatic rings. The minimum absolute atomic E-state index is 0.0138. The molecule has 0 spiro atoms. The average Bonchev–Trinajstić information content (AvgIpc) is 2.89. The molecule has 1 aromatic carbocycles. The van der Waals surface area contributed by atoms with Gasteiger partial charge in [-0.05, 0) is 18.6 Å². The van der Waals surface area contributed by atoms with E-state index in [1.807, 2.05) is 0 Å². The largest absolute Gasteiger partial charge is 0.496 e. The summed E-state index contributed by atoms with van der Waals surface area (Å²) in [4.78, 5) is 12.2. The van der Waals surface area contributed by atoms with Gasteiger partial charge in [-0.2, -0.15) is 4.31 Å². The molecule has 0 aromatic heterocycles. The van der Waals surface area contributed by atoms with Gasteiger partial charge in [-0.1, -0.05) is 12.1 Å². The van der Waals surface area contributed by atoms with Crippen LogP contribution in [0.25, 0.3) is 0 Å². The molecule has 1 saturated heterocycles. The third kappa shape index (κ3) is 5.16. The number of hydrogen-bond acceptors (Lipinski definition) is 6. The Balaban J connectivity index is 2.01. The topological polar surface area (TPSA) is 110 Å². The second-order valence-corrected chi connectivity index (χ2v) is 10.1. The molecule has 1 amide bonds. The zero-order valence-electron chi connectivity index (χ0n) is 14.1. The van der Waals surface area contributed by atoms with Crippen molar-refractivity contribution in [2.24, 2.45) is 0 Å². The lowest BCUT2D eigenvalue weighted by Crippen LogP contribution is -2.44. The molecule has 1 unspecified atom stereocenters. The third-order valence-electron chi connectivity index (χ3n) is 4.01. The predicted octanol–water partition coefficient (Wildman–Crippen LogP) is -0.126. The normalized spacial score (nSPS) is 19.7. The van der Waals surface area contributed by atoms with Crippen LogP contribution in [0.3, 0.4) is 0 Å².